The Bertz CT molecular complexity index is 1000. The summed E-state index contributed by atoms with van der Waals surface area (Å²) in [4.78, 5) is 17.0. The van der Waals surface area contributed by atoms with E-state index in [-0.39, 0.29) is 12.5 Å². The van der Waals surface area contributed by atoms with Crippen molar-refractivity contribution >= 4 is 21.8 Å². The van der Waals surface area contributed by atoms with E-state index < -0.39 is 0 Å². The number of halogens is 1. The highest BCUT2D eigenvalue weighted by molar-refractivity contribution is 9.10. The molecule has 1 aliphatic rings. The van der Waals surface area contributed by atoms with Crippen LogP contribution in [-0.2, 0) is 13.2 Å². The summed E-state index contributed by atoms with van der Waals surface area (Å²) in [7, 11) is 0. The summed E-state index contributed by atoms with van der Waals surface area (Å²) in [5.74, 6) is 2.49. The van der Waals surface area contributed by atoms with Crippen LogP contribution in [0.2, 0.25) is 0 Å². The molecule has 0 atom stereocenters. The molecular weight excluding hydrogens is 450 g/mol. The minimum absolute atomic E-state index is 0.0827. The van der Waals surface area contributed by atoms with Crippen LogP contribution in [0, 0.1) is 13.8 Å². The van der Waals surface area contributed by atoms with Gasteiger partial charge in [-0.25, -0.2) is 0 Å². The number of aromatic nitrogens is 1. The predicted molar refractivity (Wildman–Crippen MR) is 114 cm³/mol. The van der Waals surface area contributed by atoms with Crippen molar-refractivity contribution in [2.24, 2.45) is 0 Å². The molecule has 0 saturated carbocycles. The summed E-state index contributed by atoms with van der Waals surface area (Å²) in [6, 6.07) is 11.1. The summed E-state index contributed by atoms with van der Waals surface area (Å²) in [6.45, 7) is 7.88. The van der Waals surface area contributed by atoms with E-state index in [1.54, 1.807) is 12.1 Å². The Morgan fingerprint density at radius 1 is 1.17 bits per heavy atom. The van der Waals surface area contributed by atoms with Crippen molar-refractivity contribution in [3.05, 3.63) is 69.4 Å². The molecule has 30 heavy (non-hydrogen) atoms. The summed E-state index contributed by atoms with van der Waals surface area (Å²) >= 11 is 3.42. The normalized spacial score (nSPS) is 14.8. The van der Waals surface area contributed by atoms with Gasteiger partial charge in [-0.1, -0.05) is 27.2 Å². The first-order chi connectivity index (χ1) is 14.5. The van der Waals surface area contributed by atoms with E-state index in [0.717, 1.165) is 46.9 Å². The minimum Gasteiger partial charge on any atom is -0.486 e. The Hall–Kier alpha value is -2.58. The predicted octanol–water partition coefficient (Wildman–Crippen LogP) is 4.18. The van der Waals surface area contributed by atoms with Crippen LogP contribution in [0.4, 0.5) is 0 Å². The van der Waals surface area contributed by atoms with Crippen molar-refractivity contribution < 1.29 is 18.5 Å². The Morgan fingerprint density at radius 3 is 2.67 bits per heavy atom. The number of hydrogen-bond donors (Lipinski definition) is 0. The maximum atomic E-state index is 12.8. The second-order valence-corrected chi connectivity index (χ2v) is 8.30. The fourth-order valence-electron chi connectivity index (χ4n) is 3.50. The van der Waals surface area contributed by atoms with Gasteiger partial charge in [0.15, 0.2) is 5.76 Å². The molecule has 7 nitrogen and oxygen atoms in total. The third-order valence-corrected chi connectivity index (χ3v) is 5.77. The second-order valence-electron chi connectivity index (χ2n) is 7.38. The average Bonchev–Trinajstić information content (AvgIpc) is 3.34. The first-order valence-electron chi connectivity index (χ1n) is 9.90. The van der Waals surface area contributed by atoms with E-state index in [1.807, 2.05) is 43.0 Å². The lowest BCUT2D eigenvalue weighted by molar-refractivity contribution is 0.0593. The largest absolute Gasteiger partial charge is 0.486 e. The van der Waals surface area contributed by atoms with E-state index in [4.69, 9.17) is 13.7 Å². The van der Waals surface area contributed by atoms with Crippen molar-refractivity contribution in [1.82, 2.24) is 15.0 Å². The lowest BCUT2D eigenvalue weighted by Crippen LogP contribution is -2.48. The lowest BCUT2D eigenvalue weighted by atomic mass is 10.1. The molecule has 0 bridgehead atoms. The number of aryl methyl sites for hydroxylation is 2. The molecular formula is C22H24BrN3O4. The zero-order valence-corrected chi connectivity index (χ0v) is 18.6. The number of ether oxygens (including phenoxy) is 1. The van der Waals surface area contributed by atoms with E-state index in [2.05, 4.69) is 26.0 Å². The van der Waals surface area contributed by atoms with Crippen LogP contribution in [0.3, 0.4) is 0 Å². The molecule has 158 valence electrons. The van der Waals surface area contributed by atoms with E-state index in [0.29, 0.717) is 24.6 Å². The van der Waals surface area contributed by atoms with Gasteiger partial charge in [-0.2, -0.15) is 0 Å². The van der Waals surface area contributed by atoms with Crippen molar-refractivity contribution in [2.75, 3.05) is 26.2 Å². The van der Waals surface area contributed by atoms with Gasteiger partial charge in [-0.3, -0.25) is 9.69 Å². The van der Waals surface area contributed by atoms with E-state index in [9.17, 15) is 4.79 Å². The molecule has 0 aliphatic carbocycles. The fourth-order valence-corrected chi connectivity index (χ4v) is 3.88. The standard InChI is InChI=1S/C22H24BrN3O4/c1-15-20(16(2)30-24-15)13-25-8-10-26(11-9-25)22(27)21-7-6-19(29-21)14-28-18-5-3-4-17(23)12-18/h3-7,12H,8-11,13-14H2,1-2H3. The number of hydrogen-bond acceptors (Lipinski definition) is 6. The maximum Gasteiger partial charge on any atom is 0.289 e. The van der Waals surface area contributed by atoms with E-state index in [1.165, 1.54) is 0 Å². The van der Waals surface area contributed by atoms with Crippen LogP contribution in [0.25, 0.3) is 0 Å². The molecule has 4 rings (SSSR count). The van der Waals surface area contributed by atoms with Gasteiger partial charge in [-0.15, -0.1) is 0 Å². The first-order valence-corrected chi connectivity index (χ1v) is 10.7. The Kier molecular flexibility index (Phi) is 6.24. The van der Waals surface area contributed by atoms with Crippen molar-refractivity contribution in [3.8, 4) is 5.75 Å². The van der Waals surface area contributed by atoms with Gasteiger partial charge in [-0.05, 0) is 44.2 Å². The fraction of sp³-hybridized carbons (Fsp3) is 0.364. The molecule has 1 aliphatic heterocycles. The molecule has 8 heteroatoms. The van der Waals surface area contributed by atoms with Crippen molar-refractivity contribution in [1.29, 1.82) is 0 Å². The van der Waals surface area contributed by atoms with Crippen LogP contribution in [0.5, 0.6) is 5.75 Å². The Morgan fingerprint density at radius 2 is 1.97 bits per heavy atom. The van der Waals surface area contributed by atoms with Gasteiger partial charge >= 0.3 is 0 Å². The highest BCUT2D eigenvalue weighted by atomic mass is 79.9. The second kappa shape index (κ2) is 9.06. The number of piperazine rings is 1. The maximum absolute atomic E-state index is 12.8. The molecule has 0 unspecified atom stereocenters. The summed E-state index contributed by atoms with van der Waals surface area (Å²) in [5, 5.41) is 4.01. The minimum atomic E-state index is -0.0827. The number of amides is 1. The summed E-state index contributed by atoms with van der Waals surface area (Å²) in [6.07, 6.45) is 0. The van der Waals surface area contributed by atoms with Crippen LogP contribution in [0.1, 0.15) is 33.3 Å². The number of rotatable bonds is 6. The van der Waals surface area contributed by atoms with E-state index >= 15 is 0 Å². The highest BCUT2D eigenvalue weighted by Crippen LogP contribution is 2.21. The molecule has 1 saturated heterocycles. The average molecular weight is 474 g/mol. The van der Waals surface area contributed by atoms with Crippen LogP contribution < -0.4 is 4.74 Å². The van der Waals surface area contributed by atoms with Gasteiger partial charge in [0.1, 0.15) is 23.9 Å². The quantitative estimate of drug-likeness (QED) is 0.534. The molecule has 1 aromatic carbocycles. The van der Waals surface area contributed by atoms with Gasteiger partial charge in [0, 0.05) is 42.8 Å². The summed E-state index contributed by atoms with van der Waals surface area (Å²) < 4.78 is 17.7. The third kappa shape index (κ3) is 4.76. The number of benzene rings is 1. The van der Waals surface area contributed by atoms with Crippen LogP contribution >= 0.6 is 15.9 Å². The van der Waals surface area contributed by atoms with Crippen molar-refractivity contribution in [3.63, 3.8) is 0 Å². The molecule has 0 spiro atoms. The molecule has 2 aromatic heterocycles. The molecule has 3 aromatic rings. The third-order valence-electron chi connectivity index (χ3n) is 5.27. The SMILES string of the molecule is Cc1noc(C)c1CN1CCN(C(=O)c2ccc(COc3cccc(Br)c3)o2)CC1. The number of furan rings is 1. The first kappa shape index (κ1) is 20.7. The summed E-state index contributed by atoms with van der Waals surface area (Å²) in [5.41, 5.74) is 2.06. The van der Waals surface area contributed by atoms with Crippen molar-refractivity contribution in [2.45, 2.75) is 27.0 Å². The Labute approximate surface area is 183 Å². The molecule has 0 radical (unpaired) electrons. The molecule has 0 N–H and O–H groups in total. The molecule has 1 amide bonds. The molecule has 3 heterocycles. The number of carbonyl (C=O) groups excluding carboxylic acids is 1. The molecule has 1 fully saturated rings. The number of nitrogens with zero attached hydrogens (tertiary/aromatic N) is 3. The van der Waals surface area contributed by atoms with Crippen LogP contribution in [0.15, 0.2) is 49.8 Å². The number of carbonyl (C=O) groups is 1. The van der Waals surface area contributed by atoms with Gasteiger partial charge in [0.05, 0.1) is 5.69 Å². The topological polar surface area (TPSA) is 72.0 Å². The zero-order chi connectivity index (χ0) is 21.1. The monoisotopic (exact) mass is 473 g/mol. The van der Waals surface area contributed by atoms with Gasteiger partial charge in [0.25, 0.3) is 5.91 Å². The zero-order valence-electron chi connectivity index (χ0n) is 17.1. The highest BCUT2D eigenvalue weighted by Gasteiger charge is 2.25. The van der Waals surface area contributed by atoms with Gasteiger partial charge in [0.2, 0.25) is 0 Å². The lowest BCUT2D eigenvalue weighted by Gasteiger charge is -2.34. The smallest absolute Gasteiger partial charge is 0.289 e. The Balaban J connectivity index is 1.29. The van der Waals surface area contributed by atoms with Crippen LogP contribution in [-0.4, -0.2) is 47.0 Å². The van der Waals surface area contributed by atoms with Gasteiger partial charge < -0.3 is 18.6 Å².